The van der Waals surface area contributed by atoms with Gasteiger partial charge in [0, 0.05) is 25.6 Å². The van der Waals surface area contributed by atoms with Gasteiger partial charge in [-0.1, -0.05) is 35.4 Å². The van der Waals surface area contributed by atoms with Crippen molar-refractivity contribution in [1.82, 2.24) is 10.2 Å². The molecule has 1 N–H and O–H groups in total. The van der Waals surface area contributed by atoms with Crippen molar-refractivity contribution in [2.45, 2.75) is 52.5 Å². The Labute approximate surface area is 190 Å². The molecule has 6 heteroatoms. The minimum atomic E-state index is -0.122. The minimum Gasteiger partial charge on any atom is -0.494 e. The maximum absolute atomic E-state index is 12.5. The molecule has 0 atom stereocenters. The molecule has 2 aromatic carbocycles. The van der Waals surface area contributed by atoms with E-state index in [0.717, 1.165) is 29.9 Å². The maximum Gasteiger partial charge on any atom is 0.258 e. The molecule has 2 aromatic rings. The Kier molecular flexibility index (Phi) is 8.54. The highest BCUT2D eigenvalue weighted by Gasteiger charge is 2.23. The summed E-state index contributed by atoms with van der Waals surface area (Å²) in [5.41, 5.74) is 3.38. The summed E-state index contributed by atoms with van der Waals surface area (Å²) in [6.45, 7) is 7.91. The average Bonchev–Trinajstić information content (AvgIpc) is 2.77. The van der Waals surface area contributed by atoms with Gasteiger partial charge in [-0.3, -0.25) is 9.59 Å². The summed E-state index contributed by atoms with van der Waals surface area (Å²) in [5.74, 6) is 1.60. The summed E-state index contributed by atoms with van der Waals surface area (Å²) in [6, 6.07) is 13.9. The Morgan fingerprint density at radius 3 is 2.34 bits per heavy atom. The second-order valence-electron chi connectivity index (χ2n) is 8.55. The second kappa shape index (κ2) is 11.6. The maximum atomic E-state index is 12.5. The van der Waals surface area contributed by atoms with Crippen LogP contribution in [0.15, 0.2) is 42.5 Å². The molecule has 32 heavy (non-hydrogen) atoms. The van der Waals surface area contributed by atoms with Crippen molar-refractivity contribution >= 4 is 11.8 Å². The fraction of sp³-hybridized carbons (Fsp3) is 0.462. The lowest BCUT2D eigenvalue weighted by molar-refractivity contribution is -0.132. The van der Waals surface area contributed by atoms with Gasteiger partial charge in [0.25, 0.3) is 5.91 Å². The molecule has 172 valence electrons. The predicted molar refractivity (Wildman–Crippen MR) is 125 cm³/mol. The summed E-state index contributed by atoms with van der Waals surface area (Å²) >= 11 is 0. The number of ether oxygens (including phenoxy) is 2. The van der Waals surface area contributed by atoms with Gasteiger partial charge in [0.2, 0.25) is 5.91 Å². The van der Waals surface area contributed by atoms with Gasteiger partial charge in [0.05, 0.1) is 6.61 Å². The van der Waals surface area contributed by atoms with E-state index < -0.39 is 0 Å². The van der Waals surface area contributed by atoms with Gasteiger partial charge in [0.15, 0.2) is 6.61 Å². The van der Waals surface area contributed by atoms with Crippen LogP contribution in [0, 0.1) is 20.8 Å². The van der Waals surface area contributed by atoms with Crippen molar-refractivity contribution in [2.24, 2.45) is 0 Å². The smallest absolute Gasteiger partial charge is 0.258 e. The fourth-order valence-electron chi connectivity index (χ4n) is 3.85. The lowest BCUT2D eigenvalue weighted by Gasteiger charge is -2.32. The number of piperidine rings is 1. The lowest BCUT2D eigenvalue weighted by atomic mass is 10.0. The van der Waals surface area contributed by atoms with Crippen LogP contribution in [0.1, 0.15) is 42.4 Å². The van der Waals surface area contributed by atoms with E-state index >= 15 is 0 Å². The Morgan fingerprint density at radius 2 is 1.66 bits per heavy atom. The number of aryl methyl sites for hydroxylation is 3. The van der Waals surface area contributed by atoms with Crippen LogP contribution in [-0.4, -0.2) is 49.1 Å². The molecule has 0 bridgehead atoms. The van der Waals surface area contributed by atoms with Crippen LogP contribution in [0.4, 0.5) is 0 Å². The Balaban J connectivity index is 1.30. The van der Waals surface area contributed by atoms with Crippen LogP contribution >= 0.6 is 0 Å². The molecule has 0 unspecified atom stereocenters. The Bertz CT molecular complexity index is 903. The third-order valence-electron chi connectivity index (χ3n) is 5.73. The van der Waals surface area contributed by atoms with Gasteiger partial charge in [-0.25, -0.2) is 0 Å². The van der Waals surface area contributed by atoms with Gasteiger partial charge >= 0.3 is 0 Å². The molecule has 1 aliphatic rings. The number of nitrogens with one attached hydrogen (secondary N) is 1. The number of rotatable bonds is 9. The SMILES string of the molecule is Cc1ccc(OCCCC(=O)N2CCC(NC(=O)COc3ccc(C)cc3C)CC2)cc1. The molecule has 2 amide bonds. The number of likely N-dealkylation sites (tertiary alicyclic amines) is 1. The van der Waals surface area contributed by atoms with Crippen molar-refractivity contribution in [3.63, 3.8) is 0 Å². The molecule has 6 nitrogen and oxygen atoms in total. The zero-order chi connectivity index (χ0) is 22.9. The summed E-state index contributed by atoms with van der Waals surface area (Å²) < 4.78 is 11.4. The van der Waals surface area contributed by atoms with Crippen molar-refractivity contribution in [3.8, 4) is 11.5 Å². The molecule has 0 aliphatic carbocycles. The van der Waals surface area contributed by atoms with E-state index in [9.17, 15) is 9.59 Å². The number of hydrogen-bond donors (Lipinski definition) is 1. The molecule has 3 rings (SSSR count). The Hall–Kier alpha value is -3.02. The van der Waals surface area contributed by atoms with Crippen molar-refractivity contribution in [2.75, 3.05) is 26.3 Å². The standard InChI is InChI=1S/C26H34N2O4/c1-19-6-9-23(10-7-19)31-16-4-5-26(30)28-14-12-22(13-15-28)27-25(29)18-32-24-11-8-20(2)17-21(24)3/h6-11,17,22H,4-5,12-16,18H2,1-3H3,(H,27,29). The molecule has 1 saturated heterocycles. The first-order valence-corrected chi connectivity index (χ1v) is 11.4. The van der Waals surface area contributed by atoms with Crippen LogP contribution < -0.4 is 14.8 Å². The van der Waals surface area contributed by atoms with Gasteiger partial charge < -0.3 is 19.7 Å². The van der Waals surface area contributed by atoms with E-state index in [0.29, 0.717) is 32.5 Å². The van der Waals surface area contributed by atoms with Crippen molar-refractivity contribution < 1.29 is 19.1 Å². The highest BCUT2D eigenvalue weighted by Crippen LogP contribution is 2.19. The third-order valence-corrected chi connectivity index (χ3v) is 5.73. The van der Waals surface area contributed by atoms with Gasteiger partial charge in [0.1, 0.15) is 11.5 Å². The van der Waals surface area contributed by atoms with Crippen LogP contribution in [0.2, 0.25) is 0 Å². The first kappa shape index (κ1) is 23.6. The van der Waals surface area contributed by atoms with Gasteiger partial charge in [-0.2, -0.15) is 0 Å². The molecule has 1 aliphatic heterocycles. The number of carbonyl (C=O) groups excluding carboxylic acids is 2. The number of benzene rings is 2. The number of nitrogens with zero attached hydrogens (tertiary/aromatic N) is 1. The molecule has 1 heterocycles. The van der Waals surface area contributed by atoms with E-state index in [2.05, 4.69) is 5.32 Å². The summed E-state index contributed by atoms with van der Waals surface area (Å²) in [5, 5.41) is 3.03. The zero-order valence-corrected chi connectivity index (χ0v) is 19.4. The van der Waals surface area contributed by atoms with Crippen LogP contribution in [0.5, 0.6) is 11.5 Å². The van der Waals surface area contributed by atoms with Crippen LogP contribution in [-0.2, 0) is 9.59 Å². The fourth-order valence-corrected chi connectivity index (χ4v) is 3.85. The highest BCUT2D eigenvalue weighted by molar-refractivity contribution is 5.78. The molecule has 0 saturated carbocycles. The first-order valence-electron chi connectivity index (χ1n) is 11.4. The van der Waals surface area contributed by atoms with E-state index in [1.807, 2.05) is 68.1 Å². The minimum absolute atomic E-state index is 0.00400. The lowest BCUT2D eigenvalue weighted by Crippen LogP contribution is -2.47. The van der Waals surface area contributed by atoms with Crippen molar-refractivity contribution in [3.05, 3.63) is 59.2 Å². The van der Waals surface area contributed by atoms with E-state index in [1.165, 1.54) is 11.1 Å². The summed E-state index contributed by atoms with van der Waals surface area (Å²) in [6.07, 6.45) is 2.70. The number of hydrogen-bond acceptors (Lipinski definition) is 4. The molecular weight excluding hydrogens is 404 g/mol. The van der Waals surface area contributed by atoms with Crippen LogP contribution in [0.25, 0.3) is 0 Å². The van der Waals surface area contributed by atoms with Crippen LogP contribution in [0.3, 0.4) is 0 Å². The molecule has 0 aromatic heterocycles. The summed E-state index contributed by atoms with van der Waals surface area (Å²) in [4.78, 5) is 26.6. The van der Waals surface area contributed by atoms with Gasteiger partial charge in [-0.05, 0) is 63.8 Å². The Morgan fingerprint density at radius 1 is 0.969 bits per heavy atom. The monoisotopic (exact) mass is 438 g/mol. The second-order valence-corrected chi connectivity index (χ2v) is 8.55. The van der Waals surface area contributed by atoms with E-state index in [4.69, 9.17) is 9.47 Å². The van der Waals surface area contributed by atoms with E-state index in [1.54, 1.807) is 0 Å². The van der Waals surface area contributed by atoms with Crippen molar-refractivity contribution in [1.29, 1.82) is 0 Å². The summed E-state index contributed by atoms with van der Waals surface area (Å²) in [7, 11) is 0. The predicted octanol–water partition coefficient (Wildman–Crippen LogP) is 3.96. The third kappa shape index (κ3) is 7.29. The molecule has 0 spiro atoms. The topological polar surface area (TPSA) is 67.9 Å². The quantitative estimate of drug-likeness (QED) is 0.602. The highest BCUT2D eigenvalue weighted by atomic mass is 16.5. The number of amides is 2. The molecular formula is C26H34N2O4. The molecule has 0 radical (unpaired) electrons. The largest absolute Gasteiger partial charge is 0.494 e. The number of carbonyl (C=O) groups is 2. The zero-order valence-electron chi connectivity index (χ0n) is 19.4. The van der Waals surface area contributed by atoms with Gasteiger partial charge in [-0.15, -0.1) is 0 Å². The van der Waals surface area contributed by atoms with E-state index in [-0.39, 0.29) is 24.5 Å². The average molecular weight is 439 g/mol. The first-order chi connectivity index (χ1) is 15.4. The normalized spacial score (nSPS) is 14.2. The molecule has 1 fully saturated rings.